The Kier molecular flexibility index (Phi) is 4.60. The summed E-state index contributed by atoms with van der Waals surface area (Å²) in [5, 5.41) is 28.9. The van der Waals surface area contributed by atoms with E-state index in [1.807, 2.05) is 4.90 Å². The van der Waals surface area contributed by atoms with E-state index >= 15 is 0 Å². The first kappa shape index (κ1) is 16.7. The number of benzene rings is 3. The molecule has 0 heterocycles. The molecule has 124 valence electrons. The fourth-order valence-corrected chi connectivity index (χ4v) is 2.54. The molecule has 3 rings (SSSR count). The summed E-state index contributed by atoms with van der Waals surface area (Å²) < 4.78 is 0. The predicted octanol–water partition coefficient (Wildman–Crippen LogP) is 4.81. The Morgan fingerprint density at radius 3 is 1.35 bits per heavy atom. The normalized spacial score (nSPS) is 9.77. The number of nitriles is 2. The van der Waals surface area contributed by atoms with Gasteiger partial charge in [-0.3, -0.25) is 10.1 Å². The van der Waals surface area contributed by atoms with E-state index < -0.39 is 4.92 Å². The molecule has 0 unspecified atom stereocenters. The second kappa shape index (κ2) is 7.16. The van der Waals surface area contributed by atoms with Crippen LogP contribution in [0.2, 0.25) is 0 Å². The summed E-state index contributed by atoms with van der Waals surface area (Å²) in [5.74, 6) is 0. The molecule has 0 amide bonds. The summed E-state index contributed by atoms with van der Waals surface area (Å²) >= 11 is 0. The minimum Gasteiger partial charge on any atom is -0.310 e. The Morgan fingerprint density at radius 2 is 1.04 bits per heavy atom. The molecule has 0 saturated carbocycles. The zero-order chi connectivity index (χ0) is 18.5. The zero-order valence-electron chi connectivity index (χ0n) is 13.5. The quantitative estimate of drug-likeness (QED) is 0.502. The van der Waals surface area contributed by atoms with Gasteiger partial charge >= 0.3 is 0 Å². The largest absolute Gasteiger partial charge is 0.310 e. The van der Waals surface area contributed by atoms with Gasteiger partial charge in [0.15, 0.2) is 0 Å². The van der Waals surface area contributed by atoms with Gasteiger partial charge in [-0.05, 0) is 60.7 Å². The van der Waals surface area contributed by atoms with Gasteiger partial charge in [0.2, 0.25) is 0 Å². The van der Waals surface area contributed by atoms with Crippen LogP contribution < -0.4 is 4.90 Å². The van der Waals surface area contributed by atoms with Crippen molar-refractivity contribution in [2.24, 2.45) is 0 Å². The van der Waals surface area contributed by atoms with Crippen LogP contribution in [0.15, 0.2) is 72.8 Å². The molecule has 0 radical (unpaired) electrons. The minimum absolute atomic E-state index is 0.00774. The highest BCUT2D eigenvalue weighted by molar-refractivity contribution is 5.77. The molecule has 0 saturated heterocycles. The maximum absolute atomic E-state index is 10.9. The van der Waals surface area contributed by atoms with Crippen LogP contribution in [-0.2, 0) is 0 Å². The number of nitrogens with zero attached hydrogens (tertiary/aromatic N) is 4. The lowest BCUT2D eigenvalue weighted by molar-refractivity contribution is -0.384. The molecule has 0 aliphatic carbocycles. The van der Waals surface area contributed by atoms with Crippen molar-refractivity contribution in [1.82, 2.24) is 0 Å². The molecule has 0 spiro atoms. The van der Waals surface area contributed by atoms with Crippen LogP contribution in [0.3, 0.4) is 0 Å². The molecule has 0 aromatic heterocycles. The van der Waals surface area contributed by atoms with Crippen molar-refractivity contribution in [2.75, 3.05) is 4.90 Å². The topological polar surface area (TPSA) is 94.0 Å². The molecule has 0 aliphatic heterocycles. The average Bonchev–Trinajstić information content (AvgIpc) is 2.69. The summed E-state index contributed by atoms with van der Waals surface area (Å²) in [5.41, 5.74) is 3.40. The molecule has 6 heteroatoms. The van der Waals surface area contributed by atoms with Crippen LogP contribution in [0.4, 0.5) is 22.7 Å². The van der Waals surface area contributed by atoms with Crippen LogP contribution in [0.25, 0.3) is 0 Å². The lowest BCUT2D eigenvalue weighted by atomic mass is 10.1. The number of non-ortho nitro benzene ring substituents is 1. The molecule has 0 bridgehead atoms. The Bertz CT molecular complexity index is 954. The van der Waals surface area contributed by atoms with Gasteiger partial charge in [0, 0.05) is 29.2 Å². The summed E-state index contributed by atoms with van der Waals surface area (Å²) in [4.78, 5) is 12.3. The Morgan fingerprint density at radius 1 is 0.692 bits per heavy atom. The van der Waals surface area contributed by atoms with Gasteiger partial charge in [-0.1, -0.05) is 0 Å². The number of nitro benzene ring substituents is 1. The fourth-order valence-electron chi connectivity index (χ4n) is 2.54. The first-order chi connectivity index (χ1) is 12.6. The highest BCUT2D eigenvalue weighted by atomic mass is 16.6. The summed E-state index contributed by atoms with van der Waals surface area (Å²) in [6, 6.07) is 24.4. The van der Waals surface area contributed by atoms with Crippen molar-refractivity contribution in [3.05, 3.63) is 94.0 Å². The first-order valence-electron chi connectivity index (χ1n) is 7.67. The third kappa shape index (κ3) is 3.35. The number of rotatable bonds is 4. The standard InChI is InChI=1S/C20H12N4O2/c21-13-15-1-5-17(6-2-15)23(18-7-3-16(14-22)4-8-18)19-9-11-20(12-10-19)24(25)26/h1-12H. The van der Waals surface area contributed by atoms with Gasteiger partial charge < -0.3 is 4.90 Å². The Hall–Kier alpha value is -4.16. The Labute approximate surface area is 149 Å². The minimum atomic E-state index is -0.447. The second-order valence-corrected chi connectivity index (χ2v) is 5.43. The van der Waals surface area contributed by atoms with Gasteiger partial charge in [0.1, 0.15) is 0 Å². The van der Waals surface area contributed by atoms with E-state index in [9.17, 15) is 10.1 Å². The van der Waals surface area contributed by atoms with Gasteiger partial charge in [0.05, 0.1) is 28.2 Å². The summed E-state index contributed by atoms with van der Waals surface area (Å²) in [6.45, 7) is 0. The molecule has 3 aromatic carbocycles. The highest BCUT2D eigenvalue weighted by Crippen LogP contribution is 2.35. The smallest absolute Gasteiger partial charge is 0.269 e. The van der Waals surface area contributed by atoms with Crippen LogP contribution in [0.5, 0.6) is 0 Å². The molecular weight excluding hydrogens is 328 g/mol. The zero-order valence-corrected chi connectivity index (χ0v) is 13.5. The van der Waals surface area contributed by atoms with Crippen molar-refractivity contribution >= 4 is 22.7 Å². The van der Waals surface area contributed by atoms with E-state index in [1.54, 1.807) is 60.7 Å². The predicted molar refractivity (Wildman–Crippen MR) is 97.2 cm³/mol. The van der Waals surface area contributed by atoms with E-state index in [0.29, 0.717) is 11.1 Å². The van der Waals surface area contributed by atoms with Gasteiger partial charge in [-0.25, -0.2) is 0 Å². The third-order valence-electron chi connectivity index (χ3n) is 3.83. The molecule has 0 fully saturated rings. The molecule has 0 atom stereocenters. The molecule has 6 nitrogen and oxygen atoms in total. The second-order valence-electron chi connectivity index (χ2n) is 5.43. The molecule has 26 heavy (non-hydrogen) atoms. The van der Waals surface area contributed by atoms with Crippen LogP contribution in [0, 0.1) is 32.8 Å². The summed E-state index contributed by atoms with van der Waals surface area (Å²) in [7, 11) is 0. The number of nitro groups is 1. The maximum Gasteiger partial charge on any atom is 0.269 e. The Balaban J connectivity index is 2.09. The van der Waals surface area contributed by atoms with Gasteiger partial charge in [-0.2, -0.15) is 10.5 Å². The number of anilines is 3. The van der Waals surface area contributed by atoms with E-state index in [0.717, 1.165) is 17.1 Å². The lowest BCUT2D eigenvalue weighted by Gasteiger charge is -2.25. The highest BCUT2D eigenvalue weighted by Gasteiger charge is 2.14. The van der Waals surface area contributed by atoms with Crippen molar-refractivity contribution in [1.29, 1.82) is 10.5 Å². The molecule has 0 N–H and O–H groups in total. The molecule has 3 aromatic rings. The third-order valence-corrected chi connectivity index (χ3v) is 3.83. The number of hydrogen-bond acceptors (Lipinski definition) is 5. The van der Waals surface area contributed by atoms with E-state index in [-0.39, 0.29) is 5.69 Å². The summed E-state index contributed by atoms with van der Waals surface area (Å²) in [6.07, 6.45) is 0. The van der Waals surface area contributed by atoms with Crippen LogP contribution in [-0.4, -0.2) is 4.92 Å². The van der Waals surface area contributed by atoms with E-state index in [1.165, 1.54) is 12.1 Å². The van der Waals surface area contributed by atoms with Gasteiger partial charge in [-0.15, -0.1) is 0 Å². The number of hydrogen-bond donors (Lipinski definition) is 0. The monoisotopic (exact) mass is 340 g/mol. The molecular formula is C20H12N4O2. The van der Waals surface area contributed by atoms with E-state index in [2.05, 4.69) is 12.1 Å². The van der Waals surface area contributed by atoms with Crippen molar-refractivity contribution in [3.8, 4) is 12.1 Å². The van der Waals surface area contributed by atoms with Crippen molar-refractivity contribution in [2.45, 2.75) is 0 Å². The van der Waals surface area contributed by atoms with Crippen molar-refractivity contribution < 1.29 is 4.92 Å². The molecule has 0 aliphatic rings. The van der Waals surface area contributed by atoms with Crippen LogP contribution >= 0.6 is 0 Å². The SMILES string of the molecule is N#Cc1ccc(N(c2ccc(C#N)cc2)c2ccc([N+](=O)[O-])cc2)cc1. The maximum atomic E-state index is 10.9. The van der Waals surface area contributed by atoms with Crippen LogP contribution in [0.1, 0.15) is 11.1 Å². The first-order valence-corrected chi connectivity index (χ1v) is 7.67. The fraction of sp³-hybridized carbons (Fsp3) is 0. The van der Waals surface area contributed by atoms with Gasteiger partial charge in [0.25, 0.3) is 5.69 Å². The van der Waals surface area contributed by atoms with E-state index in [4.69, 9.17) is 10.5 Å². The van der Waals surface area contributed by atoms with Crippen molar-refractivity contribution in [3.63, 3.8) is 0 Å². The average molecular weight is 340 g/mol. The lowest BCUT2D eigenvalue weighted by Crippen LogP contribution is -2.10.